The molecule has 3 atom stereocenters. The quantitative estimate of drug-likeness (QED) is 0.562. The number of fused-ring (bicyclic) bond motifs is 1. The summed E-state index contributed by atoms with van der Waals surface area (Å²) in [7, 11) is 1.66. The minimum atomic E-state index is -1.13. The molecule has 1 unspecified atom stereocenters. The van der Waals surface area contributed by atoms with Crippen LogP contribution in [0.2, 0.25) is 0 Å². The summed E-state index contributed by atoms with van der Waals surface area (Å²) in [6, 6.07) is 15.3. The third-order valence-corrected chi connectivity index (χ3v) is 5.31. The molecule has 6 nitrogen and oxygen atoms in total. The highest BCUT2D eigenvalue weighted by molar-refractivity contribution is 5.65. The molecule has 1 aliphatic carbocycles. The van der Waals surface area contributed by atoms with E-state index in [1.165, 1.54) is 11.1 Å². The maximum atomic E-state index is 11.2. The zero-order valence-electron chi connectivity index (χ0n) is 16.1. The third-order valence-electron chi connectivity index (χ3n) is 5.31. The number of carboxylic acid groups (broad SMARTS) is 1. The summed E-state index contributed by atoms with van der Waals surface area (Å²) >= 11 is 0. The molecule has 3 rings (SSSR count). The van der Waals surface area contributed by atoms with Crippen LogP contribution >= 0.6 is 0 Å². The van der Waals surface area contributed by atoms with Crippen molar-refractivity contribution in [3.8, 4) is 5.75 Å². The summed E-state index contributed by atoms with van der Waals surface area (Å²) in [5.41, 5.74) is 3.47. The number of aryl methyl sites for hydroxylation is 1. The molecule has 1 amide bonds. The van der Waals surface area contributed by atoms with Gasteiger partial charge in [0.1, 0.15) is 5.75 Å². The van der Waals surface area contributed by atoms with E-state index < -0.39 is 18.2 Å². The van der Waals surface area contributed by atoms with Gasteiger partial charge in [-0.2, -0.15) is 0 Å². The van der Waals surface area contributed by atoms with Crippen LogP contribution in [0.15, 0.2) is 48.5 Å². The number of ether oxygens (including phenoxy) is 1. The summed E-state index contributed by atoms with van der Waals surface area (Å²) in [6.07, 6.45) is 1.55. The Morgan fingerprint density at radius 2 is 2.04 bits per heavy atom. The molecule has 0 fully saturated rings. The molecule has 2 aromatic rings. The van der Waals surface area contributed by atoms with Gasteiger partial charge in [-0.3, -0.25) is 0 Å². The van der Waals surface area contributed by atoms with Gasteiger partial charge in [-0.05, 0) is 54.5 Å². The van der Waals surface area contributed by atoms with Crippen molar-refractivity contribution in [2.45, 2.75) is 43.9 Å². The van der Waals surface area contributed by atoms with E-state index in [1.807, 2.05) is 36.4 Å². The van der Waals surface area contributed by atoms with Crippen molar-refractivity contribution in [1.82, 2.24) is 10.6 Å². The minimum Gasteiger partial charge on any atom is -0.497 e. The highest BCUT2D eigenvalue weighted by atomic mass is 16.5. The van der Waals surface area contributed by atoms with Crippen LogP contribution in [0.4, 0.5) is 4.79 Å². The van der Waals surface area contributed by atoms with Gasteiger partial charge in [-0.1, -0.05) is 36.4 Å². The second-order valence-electron chi connectivity index (χ2n) is 7.23. The van der Waals surface area contributed by atoms with E-state index in [0.717, 1.165) is 30.6 Å². The van der Waals surface area contributed by atoms with Gasteiger partial charge in [0.25, 0.3) is 0 Å². The van der Waals surface area contributed by atoms with Crippen LogP contribution in [0, 0.1) is 0 Å². The van der Waals surface area contributed by atoms with Crippen LogP contribution in [-0.2, 0) is 12.8 Å². The maximum Gasteiger partial charge on any atom is 0.404 e. The number of nitrogens with one attached hydrogen (secondary N) is 2. The van der Waals surface area contributed by atoms with Crippen LogP contribution in [0.5, 0.6) is 5.75 Å². The highest BCUT2D eigenvalue weighted by Crippen LogP contribution is 2.32. The van der Waals surface area contributed by atoms with Crippen LogP contribution in [0.1, 0.15) is 35.6 Å². The predicted octanol–water partition coefficient (Wildman–Crippen LogP) is 2.90. The second-order valence-corrected chi connectivity index (χ2v) is 7.23. The molecule has 4 N–H and O–H groups in total. The van der Waals surface area contributed by atoms with Gasteiger partial charge in [-0.25, -0.2) is 4.79 Å². The number of hydrogen-bond donors (Lipinski definition) is 4. The third kappa shape index (κ3) is 5.24. The van der Waals surface area contributed by atoms with Gasteiger partial charge in [0, 0.05) is 12.6 Å². The smallest absolute Gasteiger partial charge is 0.404 e. The molecule has 0 aliphatic heterocycles. The van der Waals surface area contributed by atoms with Crippen molar-refractivity contribution < 1.29 is 19.7 Å². The molecule has 0 saturated heterocycles. The maximum absolute atomic E-state index is 11.2. The first-order chi connectivity index (χ1) is 13.6. The first kappa shape index (κ1) is 20.2. The zero-order valence-corrected chi connectivity index (χ0v) is 16.1. The topological polar surface area (TPSA) is 90.8 Å². The molecule has 0 radical (unpaired) electrons. The van der Waals surface area contributed by atoms with Crippen molar-refractivity contribution in [2.24, 2.45) is 0 Å². The fourth-order valence-corrected chi connectivity index (χ4v) is 3.83. The minimum absolute atomic E-state index is 0.121. The second kappa shape index (κ2) is 9.57. The molecular formula is C22H28N2O4. The summed E-state index contributed by atoms with van der Waals surface area (Å²) in [5.74, 6) is 0.822. The molecule has 150 valence electrons. The van der Waals surface area contributed by atoms with E-state index in [4.69, 9.17) is 9.84 Å². The van der Waals surface area contributed by atoms with Gasteiger partial charge >= 0.3 is 6.09 Å². The molecule has 0 heterocycles. The Hall–Kier alpha value is -2.57. The van der Waals surface area contributed by atoms with E-state index >= 15 is 0 Å². The first-order valence-corrected chi connectivity index (χ1v) is 9.68. The zero-order chi connectivity index (χ0) is 19.9. The molecule has 6 heteroatoms. The number of benzene rings is 2. The number of amides is 1. The first-order valence-electron chi connectivity index (χ1n) is 9.68. The van der Waals surface area contributed by atoms with Gasteiger partial charge in [-0.15, -0.1) is 0 Å². The molecule has 2 aromatic carbocycles. The molecule has 0 spiro atoms. The Labute approximate surface area is 165 Å². The normalized spacial score (nSPS) is 18.0. The van der Waals surface area contributed by atoms with Crippen molar-refractivity contribution in [3.05, 3.63) is 65.2 Å². The molecular weight excluding hydrogens is 356 g/mol. The Morgan fingerprint density at radius 3 is 2.75 bits per heavy atom. The molecule has 0 saturated carbocycles. The van der Waals surface area contributed by atoms with Gasteiger partial charge < -0.3 is 25.6 Å². The summed E-state index contributed by atoms with van der Waals surface area (Å²) < 4.78 is 5.35. The standard InChI is InChI=1S/C22H28N2O4/c1-28-17-11-10-16-8-5-9-19(18(16)13-17)23-14-21(25)20(24-22(26)27)12-15-6-3-2-4-7-15/h2-4,6-7,10-11,13,19-21,23-25H,5,8-9,12,14H2,1H3,(H,26,27)/t19?,20-,21-/m0/s1. The van der Waals surface area contributed by atoms with Gasteiger partial charge in [0.15, 0.2) is 0 Å². The van der Waals surface area contributed by atoms with Crippen molar-refractivity contribution in [1.29, 1.82) is 0 Å². The van der Waals surface area contributed by atoms with Crippen LogP contribution in [0.3, 0.4) is 0 Å². The summed E-state index contributed by atoms with van der Waals surface area (Å²) in [5, 5.41) is 25.7. The van der Waals surface area contributed by atoms with Crippen LogP contribution in [-0.4, -0.2) is 42.1 Å². The monoisotopic (exact) mass is 384 g/mol. The fraction of sp³-hybridized carbons (Fsp3) is 0.409. The summed E-state index contributed by atoms with van der Waals surface area (Å²) in [6.45, 7) is 0.305. The molecule has 1 aliphatic rings. The van der Waals surface area contributed by atoms with E-state index in [9.17, 15) is 9.90 Å². The average molecular weight is 384 g/mol. The number of hydrogen-bond acceptors (Lipinski definition) is 4. The fourth-order valence-electron chi connectivity index (χ4n) is 3.83. The van der Waals surface area contributed by atoms with E-state index in [-0.39, 0.29) is 6.04 Å². The number of aliphatic hydroxyl groups is 1. The molecule has 0 aromatic heterocycles. The van der Waals surface area contributed by atoms with Crippen LogP contribution in [0.25, 0.3) is 0 Å². The highest BCUT2D eigenvalue weighted by Gasteiger charge is 2.25. The largest absolute Gasteiger partial charge is 0.497 e. The number of rotatable bonds is 8. The average Bonchev–Trinajstić information content (AvgIpc) is 2.71. The van der Waals surface area contributed by atoms with E-state index in [0.29, 0.717) is 13.0 Å². The van der Waals surface area contributed by atoms with Crippen molar-refractivity contribution >= 4 is 6.09 Å². The lowest BCUT2D eigenvalue weighted by Gasteiger charge is -2.30. The van der Waals surface area contributed by atoms with Gasteiger partial charge in [0.2, 0.25) is 0 Å². The van der Waals surface area contributed by atoms with E-state index in [2.05, 4.69) is 22.8 Å². The Morgan fingerprint density at radius 1 is 1.25 bits per heavy atom. The van der Waals surface area contributed by atoms with E-state index in [1.54, 1.807) is 7.11 Å². The lowest BCUT2D eigenvalue weighted by atomic mass is 9.87. The lowest BCUT2D eigenvalue weighted by molar-refractivity contribution is 0.114. The SMILES string of the molecule is COc1ccc2c(c1)C(NC[C@H](O)[C@H](Cc1ccccc1)NC(=O)O)CCC2. The van der Waals surface area contributed by atoms with Crippen molar-refractivity contribution in [3.63, 3.8) is 0 Å². The number of aliphatic hydroxyl groups excluding tert-OH is 1. The Balaban J connectivity index is 1.66. The van der Waals surface area contributed by atoms with Crippen LogP contribution < -0.4 is 15.4 Å². The summed E-state index contributed by atoms with van der Waals surface area (Å²) in [4.78, 5) is 11.2. The Kier molecular flexibility index (Phi) is 6.90. The van der Waals surface area contributed by atoms with Crippen molar-refractivity contribution in [2.75, 3.05) is 13.7 Å². The number of methoxy groups -OCH3 is 1. The predicted molar refractivity (Wildman–Crippen MR) is 108 cm³/mol. The molecule has 28 heavy (non-hydrogen) atoms. The lowest BCUT2D eigenvalue weighted by Crippen LogP contribution is -2.48. The Bertz CT molecular complexity index is 781. The van der Waals surface area contributed by atoms with Gasteiger partial charge in [0.05, 0.1) is 19.3 Å². The number of carbonyl (C=O) groups is 1. The molecule has 0 bridgehead atoms.